The third-order valence-electron chi connectivity index (χ3n) is 5.85. The van der Waals surface area contributed by atoms with Crippen LogP contribution in [0.2, 0.25) is 0 Å². The van der Waals surface area contributed by atoms with E-state index >= 15 is 0 Å². The number of fused-ring (bicyclic) bond motifs is 1. The van der Waals surface area contributed by atoms with E-state index in [1.807, 2.05) is 44.2 Å². The summed E-state index contributed by atoms with van der Waals surface area (Å²) in [5.74, 6) is 1.15. The van der Waals surface area contributed by atoms with Gasteiger partial charge in [-0.1, -0.05) is 29.5 Å². The number of halogens is 1. The van der Waals surface area contributed by atoms with Crippen LogP contribution in [0.5, 0.6) is 17.2 Å². The lowest BCUT2D eigenvalue weighted by atomic mass is 9.95. The normalized spacial score (nSPS) is 15.3. The van der Waals surface area contributed by atoms with Crippen molar-refractivity contribution in [1.82, 2.24) is 4.57 Å². The van der Waals surface area contributed by atoms with Gasteiger partial charge in [0.05, 0.1) is 47.2 Å². The van der Waals surface area contributed by atoms with Crippen LogP contribution in [0, 0.1) is 0 Å². The van der Waals surface area contributed by atoms with Gasteiger partial charge in [-0.2, -0.15) is 0 Å². The zero-order valence-electron chi connectivity index (χ0n) is 22.0. The lowest BCUT2D eigenvalue weighted by Gasteiger charge is -2.26. The van der Waals surface area contributed by atoms with Gasteiger partial charge in [0.2, 0.25) is 0 Å². The maximum absolute atomic E-state index is 13.9. The van der Waals surface area contributed by atoms with Gasteiger partial charge in [-0.05, 0) is 73.5 Å². The van der Waals surface area contributed by atoms with E-state index in [1.54, 1.807) is 44.8 Å². The average molecular weight is 602 g/mol. The van der Waals surface area contributed by atoms with E-state index in [2.05, 4.69) is 20.9 Å². The first kappa shape index (κ1) is 27.7. The highest BCUT2D eigenvalue weighted by Crippen LogP contribution is 2.37. The number of esters is 1. The van der Waals surface area contributed by atoms with Crippen LogP contribution < -0.4 is 29.1 Å². The fourth-order valence-electron chi connectivity index (χ4n) is 4.33. The maximum Gasteiger partial charge on any atom is 0.338 e. The number of methoxy groups -OCH3 is 2. The number of carbonyl (C=O) groups excluding carboxylic acids is 1. The first-order chi connectivity index (χ1) is 18.2. The summed E-state index contributed by atoms with van der Waals surface area (Å²) in [6, 6.07) is 10.3. The van der Waals surface area contributed by atoms with Gasteiger partial charge in [-0.25, -0.2) is 9.79 Å². The minimum Gasteiger partial charge on any atom is -0.493 e. The van der Waals surface area contributed by atoms with E-state index in [0.717, 1.165) is 5.56 Å². The average Bonchev–Trinajstić information content (AvgIpc) is 3.17. The van der Waals surface area contributed by atoms with Crippen LogP contribution in [0.25, 0.3) is 6.08 Å². The molecule has 0 unspecified atom stereocenters. The predicted molar refractivity (Wildman–Crippen MR) is 150 cm³/mol. The van der Waals surface area contributed by atoms with Gasteiger partial charge < -0.3 is 18.9 Å². The molecule has 38 heavy (non-hydrogen) atoms. The summed E-state index contributed by atoms with van der Waals surface area (Å²) in [6.45, 7) is 7.56. The topological polar surface area (TPSA) is 88.4 Å². The molecule has 0 spiro atoms. The van der Waals surface area contributed by atoms with E-state index in [0.29, 0.717) is 47.9 Å². The number of hydrogen-bond donors (Lipinski definition) is 0. The lowest BCUT2D eigenvalue weighted by Crippen LogP contribution is -2.40. The van der Waals surface area contributed by atoms with Gasteiger partial charge in [0, 0.05) is 5.56 Å². The molecule has 1 atom stereocenters. The summed E-state index contributed by atoms with van der Waals surface area (Å²) >= 11 is 4.76. The molecule has 1 aliphatic rings. The molecule has 2 aromatic carbocycles. The first-order valence-corrected chi connectivity index (χ1v) is 13.7. The Kier molecular flexibility index (Phi) is 8.42. The van der Waals surface area contributed by atoms with Crippen LogP contribution in [0.3, 0.4) is 0 Å². The molecule has 0 amide bonds. The van der Waals surface area contributed by atoms with Crippen molar-refractivity contribution < 1.29 is 23.7 Å². The van der Waals surface area contributed by atoms with Crippen LogP contribution in [0.1, 0.15) is 44.9 Å². The number of rotatable bonds is 8. The molecule has 0 fully saturated rings. The third-order valence-corrected chi connectivity index (χ3v) is 7.42. The van der Waals surface area contributed by atoms with Crippen molar-refractivity contribution in [3.63, 3.8) is 0 Å². The minimum absolute atomic E-state index is 0.105. The molecule has 4 rings (SSSR count). The van der Waals surface area contributed by atoms with Gasteiger partial charge in [0.25, 0.3) is 5.56 Å². The summed E-state index contributed by atoms with van der Waals surface area (Å²) in [5.41, 5.74) is 1.94. The van der Waals surface area contributed by atoms with Crippen molar-refractivity contribution in [1.29, 1.82) is 0 Å². The number of benzene rings is 2. The standard InChI is InChI=1S/C28H29BrN2O6S/c1-7-36-27(33)23-16(4)30-28-31(24(23)18-10-8-9-11-20(18)37-15(2)3)26(32)22(38-28)14-17-12-19(29)25(35-6)21(13-17)34-5/h8-15,24H,7H2,1-6H3/b22-14-/t24-/m0/s1. The van der Waals surface area contributed by atoms with Crippen LogP contribution >= 0.6 is 27.3 Å². The number of para-hydroxylation sites is 1. The van der Waals surface area contributed by atoms with Gasteiger partial charge in [0.1, 0.15) is 11.8 Å². The zero-order valence-corrected chi connectivity index (χ0v) is 24.4. The number of carbonyl (C=O) groups is 1. The SMILES string of the molecule is CCOC(=O)C1=C(C)N=c2s/c(=C\c3cc(Br)c(OC)c(OC)c3)c(=O)n2[C@H]1c1ccccc1OC(C)C. The molecular weight excluding hydrogens is 572 g/mol. The second-order valence-corrected chi connectivity index (χ2v) is 10.6. The van der Waals surface area contributed by atoms with E-state index in [-0.39, 0.29) is 18.3 Å². The van der Waals surface area contributed by atoms with Crippen molar-refractivity contribution in [2.24, 2.45) is 4.99 Å². The Balaban J connectivity index is 1.98. The molecule has 0 bridgehead atoms. The molecule has 0 saturated carbocycles. The van der Waals surface area contributed by atoms with Crippen molar-refractivity contribution >= 4 is 39.3 Å². The Labute approximate surface area is 233 Å². The minimum atomic E-state index is -0.764. The zero-order chi connectivity index (χ0) is 27.6. The molecular formula is C28H29BrN2O6S. The summed E-state index contributed by atoms with van der Waals surface area (Å²) in [6.07, 6.45) is 1.67. The Morgan fingerprint density at radius 3 is 2.58 bits per heavy atom. The number of allylic oxidation sites excluding steroid dienone is 1. The Morgan fingerprint density at radius 1 is 1.18 bits per heavy atom. The fourth-order valence-corrected chi connectivity index (χ4v) is 5.99. The van der Waals surface area contributed by atoms with E-state index in [4.69, 9.17) is 18.9 Å². The Morgan fingerprint density at radius 2 is 1.92 bits per heavy atom. The Hall–Kier alpha value is -3.37. The molecule has 0 aliphatic carbocycles. The summed E-state index contributed by atoms with van der Waals surface area (Å²) in [5, 5.41) is 0. The van der Waals surface area contributed by atoms with Crippen LogP contribution in [-0.4, -0.2) is 37.5 Å². The van der Waals surface area contributed by atoms with Crippen LogP contribution in [0.4, 0.5) is 0 Å². The van der Waals surface area contributed by atoms with Crippen LogP contribution in [0.15, 0.2) is 61.9 Å². The molecule has 3 aromatic rings. The number of thiazole rings is 1. The molecule has 0 radical (unpaired) electrons. The number of ether oxygens (including phenoxy) is 4. The highest BCUT2D eigenvalue weighted by atomic mass is 79.9. The van der Waals surface area contributed by atoms with Gasteiger partial charge in [-0.15, -0.1) is 0 Å². The van der Waals surface area contributed by atoms with Gasteiger partial charge >= 0.3 is 5.97 Å². The number of hydrogen-bond acceptors (Lipinski definition) is 8. The van der Waals surface area contributed by atoms with Crippen molar-refractivity contribution in [3.05, 3.63) is 83.0 Å². The quantitative estimate of drug-likeness (QED) is 0.357. The van der Waals surface area contributed by atoms with E-state index in [1.165, 1.54) is 11.3 Å². The highest BCUT2D eigenvalue weighted by Gasteiger charge is 2.35. The molecule has 1 aliphatic heterocycles. The molecule has 0 saturated heterocycles. The summed E-state index contributed by atoms with van der Waals surface area (Å²) in [4.78, 5) is 32.2. The van der Waals surface area contributed by atoms with Crippen LogP contribution in [-0.2, 0) is 9.53 Å². The predicted octanol–water partition coefficient (Wildman–Crippen LogP) is 4.37. The molecule has 2 heterocycles. The van der Waals surface area contributed by atoms with Crippen molar-refractivity contribution in [3.8, 4) is 17.2 Å². The number of aromatic nitrogens is 1. The Bertz CT molecular complexity index is 1590. The molecule has 1 aromatic heterocycles. The largest absolute Gasteiger partial charge is 0.493 e. The third kappa shape index (κ3) is 5.28. The first-order valence-electron chi connectivity index (χ1n) is 12.1. The van der Waals surface area contributed by atoms with Gasteiger partial charge in [0.15, 0.2) is 16.3 Å². The van der Waals surface area contributed by atoms with Gasteiger partial charge in [-0.3, -0.25) is 9.36 Å². The second-order valence-electron chi connectivity index (χ2n) is 8.74. The molecule has 10 heteroatoms. The highest BCUT2D eigenvalue weighted by molar-refractivity contribution is 9.10. The smallest absolute Gasteiger partial charge is 0.338 e. The van der Waals surface area contributed by atoms with E-state index < -0.39 is 12.0 Å². The monoisotopic (exact) mass is 600 g/mol. The number of nitrogens with zero attached hydrogens (tertiary/aromatic N) is 2. The van der Waals surface area contributed by atoms with Crippen molar-refractivity contribution in [2.75, 3.05) is 20.8 Å². The maximum atomic E-state index is 13.9. The second kappa shape index (κ2) is 11.6. The molecule has 8 nitrogen and oxygen atoms in total. The molecule has 200 valence electrons. The fraction of sp³-hybridized carbons (Fsp3) is 0.321. The molecule has 0 N–H and O–H groups in total. The summed E-state index contributed by atoms with van der Waals surface area (Å²) < 4.78 is 25.0. The van der Waals surface area contributed by atoms with Crippen molar-refractivity contribution in [2.45, 2.75) is 39.8 Å². The summed E-state index contributed by atoms with van der Waals surface area (Å²) in [7, 11) is 3.11. The lowest BCUT2D eigenvalue weighted by molar-refractivity contribution is -0.139. The van der Waals surface area contributed by atoms with E-state index in [9.17, 15) is 9.59 Å².